The molecule has 140 heavy (non-hydrogen) atoms. The maximum atomic E-state index is 12.8. The number of isocyanates is 1. The molecule has 722 valence electrons. The van der Waals surface area contributed by atoms with Crippen molar-refractivity contribution in [2.75, 3.05) is 30.3 Å². The van der Waals surface area contributed by atoms with Crippen LogP contribution in [0.15, 0.2) is 260 Å². The smallest absolute Gasteiger partial charge is 0.410 e. The summed E-state index contributed by atoms with van der Waals surface area (Å²) in [5.74, 6) is 0. The van der Waals surface area contributed by atoms with Crippen molar-refractivity contribution in [1.29, 1.82) is 0 Å². The van der Waals surface area contributed by atoms with Crippen molar-refractivity contribution in [2.24, 2.45) is 4.99 Å². The number of halogens is 3. The molecule has 6 unspecified atom stereocenters. The van der Waals surface area contributed by atoms with Crippen LogP contribution < -0.4 is 21.3 Å². The van der Waals surface area contributed by atoms with Crippen LogP contribution in [0.2, 0.25) is 15.1 Å². The lowest BCUT2D eigenvalue weighted by Gasteiger charge is -2.35. The van der Waals surface area contributed by atoms with Gasteiger partial charge in [0.05, 0.1) is 65.0 Å². The third kappa shape index (κ3) is 25.1. The largest absolute Gasteiger partial charge is 0.444 e. The summed E-state index contributed by atoms with van der Waals surface area (Å²) in [7, 11) is 0. The van der Waals surface area contributed by atoms with Crippen molar-refractivity contribution >= 4 is 82.2 Å². The van der Waals surface area contributed by atoms with Crippen LogP contribution in [0, 0.1) is 0 Å². The third-order valence-corrected chi connectivity index (χ3v) is 25.5. The van der Waals surface area contributed by atoms with E-state index >= 15 is 0 Å². The first kappa shape index (κ1) is 100.0. The quantitative estimate of drug-likeness (QED) is 0.0474. The minimum Gasteiger partial charge on any atom is -0.444 e. The number of amides is 6. The van der Waals surface area contributed by atoms with Crippen LogP contribution >= 0.6 is 34.8 Å². The molecular weight excluding hydrogens is 1820 g/mol. The number of fused-ring (bicyclic) bond motifs is 6. The van der Waals surface area contributed by atoms with Crippen LogP contribution in [0.4, 0.5) is 36.2 Å². The van der Waals surface area contributed by atoms with Gasteiger partial charge in [-0.05, 0) is 138 Å². The van der Waals surface area contributed by atoms with Gasteiger partial charge in [0.25, 0.3) is 0 Å². The van der Waals surface area contributed by atoms with Crippen molar-refractivity contribution in [2.45, 2.75) is 189 Å². The second-order valence-electron chi connectivity index (χ2n) is 37.2. The van der Waals surface area contributed by atoms with E-state index in [9.17, 15) is 24.0 Å². The van der Waals surface area contributed by atoms with Gasteiger partial charge in [0.15, 0.2) is 0 Å². The highest BCUT2D eigenvalue weighted by Crippen LogP contribution is 2.41. The Labute approximate surface area is 830 Å². The van der Waals surface area contributed by atoms with Gasteiger partial charge >= 0.3 is 24.2 Å². The second kappa shape index (κ2) is 45.8. The Morgan fingerprint density at radius 3 is 1.14 bits per heavy atom. The van der Waals surface area contributed by atoms with E-state index in [1.807, 2.05) is 237 Å². The molecular formula is C109H118Cl3N21O7. The summed E-state index contributed by atoms with van der Waals surface area (Å²) >= 11 is 17.6. The molecule has 10 N–H and O–H groups in total. The fourth-order valence-electron chi connectivity index (χ4n) is 17.9. The Balaban J connectivity index is 0.000000125. The average molecular weight is 1940 g/mol. The van der Waals surface area contributed by atoms with Crippen molar-refractivity contribution in [3.63, 3.8) is 0 Å². The van der Waals surface area contributed by atoms with Gasteiger partial charge < -0.3 is 50.3 Å². The van der Waals surface area contributed by atoms with E-state index in [4.69, 9.17) is 44.3 Å². The van der Waals surface area contributed by atoms with Crippen molar-refractivity contribution < 1.29 is 33.4 Å². The minimum atomic E-state index is -0.490. The Morgan fingerprint density at radius 2 is 0.721 bits per heavy atom. The fourth-order valence-corrected chi connectivity index (χ4v) is 18.5. The predicted octanol–water partition coefficient (Wildman–Crippen LogP) is 24.0. The summed E-state index contributed by atoms with van der Waals surface area (Å²) in [4.78, 5) is 71.0. The molecule has 9 aromatic carbocycles. The van der Waals surface area contributed by atoms with Crippen LogP contribution in [0.25, 0.3) is 67.5 Å². The van der Waals surface area contributed by atoms with Gasteiger partial charge in [-0.1, -0.05) is 235 Å². The van der Waals surface area contributed by atoms with E-state index < -0.39 is 11.2 Å². The number of nitrogens with zero attached hydrogens (tertiary/aromatic N) is 11. The minimum absolute atomic E-state index is 0.0671. The molecule has 0 fully saturated rings. The van der Waals surface area contributed by atoms with Gasteiger partial charge in [0, 0.05) is 216 Å². The number of aromatic amines is 6. The summed E-state index contributed by atoms with van der Waals surface area (Å²) in [6, 6.07) is 82.6. The maximum Gasteiger partial charge on any atom is 0.410 e. The normalized spacial score (nSPS) is 16.9. The molecule has 15 aromatic rings. The lowest BCUT2D eigenvalue weighted by molar-refractivity contribution is 0.0133. The number of rotatable bonds is 9. The van der Waals surface area contributed by atoms with Crippen LogP contribution in [-0.2, 0) is 72.4 Å². The molecule has 0 saturated heterocycles. The number of hydrogen-bond donors (Lipinski definition) is 10. The number of carbonyl (C=O) groups excluding carboxylic acids is 5. The van der Waals surface area contributed by atoms with E-state index in [1.54, 1.807) is 58.3 Å². The van der Waals surface area contributed by atoms with Crippen molar-refractivity contribution in [3.8, 4) is 67.5 Å². The molecule has 31 heteroatoms. The number of ether oxygens (including phenoxy) is 2. The van der Waals surface area contributed by atoms with Crippen molar-refractivity contribution in [1.82, 2.24) is 91.4 Å². The summed E-state index contributed by atoms with van der Waals surface area (Å²) in [6.07, 6.45) is 5.99. The topological polar surface area (TPSA) is 349 Å². The molecule has 6 aliphatic rings. The molecule has 6 aromatic heterocycles. The van der Waals surface area contributed by atoms with E-state index in [0.29, 0.717) is 70.4 Å². The Kier molecular flexibility index (Phi) is 32.7. The lowest BCUT2D eigenvalue weighted by atomic mass is 9.95. The van der Waals surface area contributed by atoms with E-state index in [2.05, 4.69) is 150 Å². The molecule has 0 bridgehead atoms. The van der Waals surface area contributed by atoms with Gasteiger partial charge in [-0.15, -0.1) is 0 Å². The van der Waals surface area contributed by atoms with Gasteiger partial charge in [0.2, 0.25) is 6.08 Å². The zero-order valence-corrected chi connectivity index (χ0v) is 82.9. The number of H-pyrrole nitrogens is 6. The van der Waals surface area contributed by atoms with E-state index in [1.165, 1.54) is 39.7 Å². The number of benzene rings is 9. The lowest BCUT2D eigenvalue weighted by Crippen LogP contribution is -2.45. The third-order valence-electron chi connectivity index (χ3n) is 24.8. The first-order valence-corrected chi connectivity index (χ1v) is 48.3. The summed E-state index contributed by atoms with van der Waals surface area (Å²) in [5, 5.41) is 60.3. The molecule has 6 atom stereocenters. The van der Waals surface area contributed by atoms with E-state index in [-0.39, 0.29) is 48.4 Å². The highest BCUT2D eigenvalue weighted by Gasteiger charge is 2.39. The number of aromatic nitrogens is 12. The Hall–Kier alpha value is -14.5. The van der Waals surface area contributed by atoms with Crippen LogP contribution in [0.1, 0.15) is 169 Å². The molecule has 12 heterocycles. The van der Waals surface area contributed by atoms with Crippen LogP contribution in [0.3, 0.4) is 0 Å². The zero-order valence-electron chi connectivity index (χ0n) is 80.6. The molecule has 6 amide bonds. The number of nitrogens with one attached hydrogen (secondary N) is 10. The predicted molar refractivity (Wildman–Crippen MR) is 552 cm³/mol. The van der Waals surface area contributed by atoms with Crippen molar-refractivity contribution in [3.05, 3.63) is 337 Å². The van der Waals surface area contributed by atoms with Gasteiger partial charge in [-0.3, -0.25) is 30.6 Å². The number of urea groups is 2. The van der Waals surface area contributed by atoms with Gasteiger partial charge in [0.1, 0.15) is 11.2 Å². The summed E-state index contributed by atoms with van der Waals surface area (Å²) in [5.41, 5.74) is 27.3. The number of carbonyl (C=O) groups is 4. The van der Waals surface area contributed by atoms with Gasteiger partial charge in [-0.2, -0.15) is 35.6 Å². The molecule has 0 spiro atoms. The highest BCUT2D eigenvalue weighted by atomic mass is 35.5. The molecule has 6 aliphatic heterocycles. The molecule has 0 saturated carbocycles. The number of aliphatic imine (C=N–C) groups is 1. The first-order valence-electron chi connectivity index (χ1n) is 47.2. The second-order valence-corrected chi connectivity index (χ2v) is 38.5. The first-order chi connectivity index (χ1) is 67.5. The zero-order chi connectivity index (χ0) is 98.7. The van der Waals surface area contributed by atoms with E-state index in [0.717, 1.165) is 153 Å². The Bertz CT molecular complexity index is 6670. The number of anilines is 2. The summed E-state index contributed by atoms with van der Waals surface area (Å²) < 4.78 is 11.1. The fraction of sp³-hybridized carbons (Fsp3) is 0.294. The Morgan fingerprint density at radius 1 is 0.379 bits per heavy atom. The standard InChI is InChI=1S/2C20H19ClN4O.2C18H23N3O2.2C13H15N3.C7H4ClNO/c1-13-10-18-17(19(24-23-18)14-6-3-2-4-7-14)12-25(13)20(26)22-16-9-5-8-15(21)11-16;1-13-18-17(23-24-19(18)14-6-3-2-4-7-14)10-11-25(13)20(26)22-16-9-5-8-15(21)12-16;1-12-10-15-14(11-21(12)17(22)23-18(2,3)4)16(20-19-15)13-8-6-5-7-9-13;1-12-15-14(10-11-21(12)17(22)23-18(2,3)4)19-20-16(15)13-8-6-5-7-9-13;1-9-7-12-11(8-14-9)13(16-15-12)10-5-3-2-4-6-10;1-9-12-11(7-8-14-9)15-16-13(12)10-5-3-2-4-6-10;8-6-2-1-3-7(4-6)9-5-10/h2-9,11,13H,10,12H2,1H3,(H,22,26)(H,23,24);2-9,12-13H,10-11H2,1H3,(H,22,26)(H,23,24);2*5-9,12H,10-11H2,1-4H3,(H,19,20);2*2-6,9,14H,7-8H2,1H3,(H,15,16);1-4H. The summed E-state index contributed by atoms with van der Waals surface area (Å²) in [6.45, 7) is 28.1. The SMILES string of the molecule is CC1Cc2[nH]nc(-c3ccccc3)c2CN1.CC1Cc2[nH]nc(-c3ccccc3)c2CN1C(=O)Nc1cccc(Cl)c1.CC1Cc2[nH]nc(-c3ccccc3)c2CN1C(=O)OC(C)(C)C.CC1NCCc2[nH]nc(-c3ccccc3)c21.CC1c2c(-c3ccccc3)n[nH]c2CCN1C(=O)Nc1cccc(Cl)c1.CC1c2c(-c3ccccc3)n[nH]c2CCN1C(=O)OC(C)(C)C.O=C=Nc1cccc(Cl)c1. The van der Waals surface area contributed by atoms with Crippen LogP contribution in [0.5, 0.6) is 0 Å². The molecule has 0 radical (unpaired) electrons. The maximum absolute atomic E-state index is 12.8. The van der Waals surface area contributed by atoms with Gasteiger partial charge in [-0.25, -0.2) is 24.0 Å². The highest BCUT2D eigenvalue weighted by molar-refractivity contribution is 6.31. The molecule has 28 nitrogen and oxygen atoms in total. The number of hydrogen-bond acceptors (Lipinski definition) is 16. The molecule has 0 aliphatic carbocycles. The monoisotopic (exact) mass is 1940 g/mol. The molecule has 21 rings (SSSR count). The average Bonchev–Trinajstić information content (AvgIpc) is 1.60. The van der Waals surface area contributed by atoms with Crippen LogP contribution in [-0.4, -0.2) is 160 Å².